The first-order chi connectivity index (χ1) is 8.48. The quantitative estimate of drug-likeness (QED) is 0.789. The molecule has 1 aromatic rings. The summed E-state index contributed by atoms with van der Waals surface area (Å²) in [5, 5.41) is -0.910. The summed E-state index contributed by atoms with van der Waals surface area (Å²) in [6.07, 6.45) is 1.09. The van der Waals surface area contributed by atoms with Crippen LogP contribution in [0.1, 0.15) is 55.1 Å². The molecule has 1 aromatic heterocycles. The number of oxazole rings is 1. The van der Waals surface area contributed by atoms with Crippen molar-refractivity contribution in [2.24, 2.45) is 0 Å². The molecule has 0 fully saturated rings. The monoisotopic (exact) mass is 289 g/mol. The minimum absolute atomic E-state index is 0.00725. The number of carbonyl (C=O) groups is 1. The van der Waals surface area contributed by atoms with Crippen molar-refractivity contribution in [1.29, 1.82) is 0 Å². The van der Waals surface area contributed by atoms with Gasteiger partial charge in [0.15, 0.2) is 9.84 Å². The molecule has 0 spiro atoms. The number of hydrogen-bond donors (Lipinski definition) is 0. The fourth-order valence-corrected chi connectivity index (χ4v) is 1.90. The predicted molar refractivity (Wildman–Crippen MR) is 69.8 cm³/mol. The van der Waals surface area contributed by atoms with Crippen LogP contribution in [0.25, 0.3) is 0 Å². The zero-order valence-corrected chi connectivity index (χ0v) is 12.8. The second-order valence-electron chi connectivity index (χ2n) is 5.44. The first-order valence-electron chi connectivity index (χ1n) is 5.77. The zero-order chi connectivity index (χ0) is 15.0. The highest BCUT2D eigenvalue weighted by atomic mass is 32.2. The van der Waals surface area contributed by atoms with Gasteiger partial charge in [0, 0.05) is 11.7 Å². The van der Waals surface area contributed by atoms with Gasteiger partial charge in [-0.15, -0.1) is 0 Å². The minimum Gasteiger partial charge on any atom is -0.463 e. The van der Waals surface area contributed by atoms with Crippen molar-refractivity contribution in [3.8, 4) is 0 Å². The van der Waals surface area contributed by atoms with Crippen molar-refractivity contribution in [3.05, 3.63) is 17.3 Å². The van der Waals surface area contributed by atoms with Crippen LogP contribution in [-0.2, 0) is 20.0 Å². The summed E-state index contributed by atoms with van der Waals surface area (Å²) < 4.78 is 33.0. The number of esters is 1. The van der Waals surface area contributed by atoms with E-state index >= 15 is 0 Å². The Balaban J connectivity index is 3.41. The normalized spacial score (nSPS) is 14.2. The highest BCUT2D eigenvalue weighted by molar-refractivity contribution is 7.90. The van der Waals surface area contributed by atoms with Gasteiger partial charge in [-0.2, -0.15) is 0 Å². The highest BCUT2D eigenvalue weighted by Crippen LogP contribution is 2.30. The maximum Gasteiger partial charge on any atom is 0.376 e. The van der Waals surface area contributed by atoms with E-state index in [4.69, 9.17) is 4.42 Å². The molecule has 0 saturated heterocycles. The Labute approximate surface area is 113 Å². The van der Waals surface area contributed by atoms with E-state index in [1.165, 1.54) is 14.0 Å². The van der Waals surface area contributed by atoms with Gasteiger partial charge in [0.05, 0.1) is 12.8 Å². The molecular formula is C12H19NO5S. The number of ether oxygens (including phenoxy) is 1. The minimum atomic E-state index is -3.35. The van der Waals surface area contributed by atoms with Crippen molar-refractivity contribution < 1.29 is 22.4 Å². The molecule has 0 aliphatic heterocycles. The number of aromatic nitrogens is 1. The van der Waals surface area contributed by atoms with E-state index in [2.05, 4.69) is 9.72 Å². The highest BCUT2D eigenvalue weighted by Gasteiger charge is 2.33. The molecule has 0 radical (unpaired) electrons. The summed E-state index contributed by atoms with van der Waals surface area (Å²) in [4.78, 5) is 15.8. The fraction of sp³-hybridized carbons (Fsp3) is 0.667. The van der Waals surface area contributed by atoms with E-state index in [0.29, 0.717) is 5.69 Å². The van der Waals surface area contributed by atoms with Gasteiger partial charge in [-0.3, -0.25) is 0 Å². The molecule has 7 heteroatoms. The molecule has 6 nitrogen and oxygen atoms in total. The van der Waals surface area contributed by atoms with Crippen molar-refractivity contribution in [2.75, 3.05) is 13.4 Å². The molecule has 0 bridgehead atoms. The van der Waals surface area contributed by atoms with Crippen LogP contribution in [0.2, 0.25) is 0 Å². The van der Waals surface area contributed by atoms with Crippen LogP contribution in [0, 0.1) is 0 Å². The number of hydrogen-bond acceptors (Lipinski definition) is 6. The van der Waals surface area contributed by atoms with Crippen LogP contribution in [-0.4, -0.2) is 32.7 Å². The van der Waals surface area contributed by atoms with Crippen LogP contribution < -0.4 is 0 Å². The third-order valence-electron chi connectivity index (χ3n) is 2.71. The van der Waals surface area contributed by atoms with E-state index in [1.54, 1.807) is 0 Å². The molecule has 0 aliphatic carbocycles. The fourth-order valence-electron chi connectivity index (χ4n) is 1.43. The number of methoxy groups -OCH3 is 1. The lowest BCUT2D eigenvalue weighted by Gasteiger charge is -2.15. The second kappa shape index (κ2) is 4.96. The van der Waals surface area contributed by atoms with Crippen LogP contribution in [0.4, 0.5) is 0 Å². The summed E-state index contributed by atoms with van der Waals surface area (Å²) in [6, 6.07) is 0. The lowest BCUT2D eigenvalue weighted by Crippen LogP contribution is -2.17. The zero-order valence-electron chi connectivity index (χ0n) is 12.0. The molecule has 19 heavy (non-hydrogen) atoms. The molecule has 0 aromatic carbocycles. The van der Waals surface area contributed by atoms with Gasteiger partial charge in [-0.1, -0.05) is 20.8 Å². The SMILES string of the molecule is COC(=O)c1oc(C(C)S(C)(=O)=O)nc1C(C)(C)C. The van der Waals surface area contributed by atoms with Gasteiger partial charge in [0.25, 0.3) is 0 Å². The van der Waals surface area contributed by atoms with Crippen LogP contribution in [0.15, 0.2) is 4.42 Å². The largest absolute Gasteiger partial charge is 0.463 e. The number of nitrogens with zero attached hydrogens (tertiary/aromatic N) is 1. The summed E-state index contributed by atoms with van der Waals surface area (Å²) in [5.74, 6) is -0.697. The Hall–Kier alpha value is -1.37. The summed E-state index contributed by atoms with van der Waals surface area (Å²) in [7, 11) is -2.11. The molecule has 1 heterocycles. The third kappa shape index (κ3) is 3.34. The van der Waals surface area contributed by atoms with Crippen LogP contribution in [0.3, 0.4) is 0 Å². The topological polar surface area (TPSA) is 86.5 Å². The Morgan fingerprint density at radius 2 is 1.89 bits per heavy atom. The van der Waals surface area contributed by atoms with Crippen molar-refractivity contribution >= 4 is 15.8 Å². The Bertz CT molecular complexity index is 580. The molecule has 1 rings (SSSR count). The second-order valence-corrected chi connectivity index (χ2v) is 7.81. The Morgan fingerprint density at radius 1 is 1.37 bits per heavy atom. The van der Waals surface area contributed by atoms with E-state index in [9.17, 15) is 13.2 Å². The van der Waals surface area contributed by atoms with Crippen LogP contribution in [0.5, 0.6) is 0 Å². The maximum absolute atomic E-state index is 11.7. The van der Waals surface area contributed by atoms with Gasteiger partial charge >= 0.3 is 5.97 Å². The van der Waals surface area contributed by atoms with Gasteiger partial charge in [0.2, 0.25) is 11.7 Å². The average Bonchev–Trinajstić information content (AvgIpc) is 2.69. The standard InChI is InChI=1S/C12H19NO5S/c1-7(19(6,15)16)10-13-9(12(2,3)4)8(18-10)11(14)17-5/h7H,1-6H3. The maximum atomic E-state index is 11.7. The van der Waals surface area contributed by atoms with Crippen LogP contribution >= 0.6 is 0 Å². The van der Waals surface area contributed by atoms with Gasteiger partial charge in [0.1, 0.15) is 5.25 Å². The van der Waals surface area contributed by atoms with Gasteiger partial charge in [-0.25, -0.2) is 18.2 Å². The predicted octanol–water partition coefficient (Wildman–Crippen LogP) is 1.86. The van der Waals surface area contributed by atoms with E-state index in [0.717, 1.165) is 6.26 Å². The molecular weight excluding hydrogens is 270 g/mol. The van der Waals surface area contributed by atoms with E-state index < -0.39 is 26.5 Å². The van der Waals surface area contributed by atoms with Gasteiger partial charge in [-0.05, 0) is 6.92 Å². The Kier molecular flexibility index (Phi) is 4.09. The molecule has 1 atom stereocenters. The summed E-state index contributed by atoms with van der Waals surface area (Å²) in [5.41, 5.74) is -0.0625. The smallest absolute Gasteiger partial charge is 0.376 e. The molecule has 0 N–H and O–H groups in total. The molecule has 0 aliphatic rings. The average molecular weight is 289 g/mol. The molecule has 0 amide bonds. The summed E-state index contributed by atoms with van der Waals surface area (Å²) in [6.45, 7) is 7.03. The first kappa shape index (κ1) is 15.7. The van der Waals surface area contributed by atoms with Crippen molar-refractivity contribution in [3.63, 3.8) is 0 Å². The number of sulfone groups is 1. The van der Waals surface area contributed by atoms with Crippen molar-refractivity contribution in [1.82, 2.24) is 4.98 Å². The lowest BCUT2D eigenvalue weighted by atomic mass is 9.91. The third-order valence-corrected chi connectivity index (χ3v) is 4.20. The van der Waals surface area contributed by atoms with E-state index in [1.807, 2.05) is 20.8 Å². The summed E-state index contributed by atoms with van der Waals surface area (Å²) >= 11 is 0. The molecule has 0 saturated carbocycles. The Morgan fingerprint density at radius 3 is 2.26 bits per heavy atom. The molecule has 1 unspecified atom stereocenters. The first-order valence-corrected chi connectivity index (χ1v) is 7.72. The molecule has 108 valence electrons. The lowest BCUT2D eigenvalue weighted by molar-refractivity contribution is 0.0559. The number of rotatable bonds is 3. The number of carbonyl (C=O) groups excluding carboxylic acids is 1. The van der Waals surface area contributed by atoms with Crippen molar-refractivity contribution in [2.45, 2.75) is 38.4 Å². The van der Waals surface area contributed by atoms with Gasteiger partial charge < -0.3 is 9.15 Å². The van der Waals surface area contributed by atoms with E-state index in [-0.39, 0.29) is 11.7 Å².